The van der Waals surface area contributed by atoms with Gasteiger partial charge in [-0.2, -0.15) is 0 Å². The zero-order chi connectivity index (χ0) is 19.7. The average Bonchev–Trinajstić information content (AvgIpc) is 3.41. The highest BCUT2D eigenvalue weighted by molar-refractivity contribution is 5.94. The van der Waals surface area contributed by atoms with Crippen LogP contribution < -0.4 is 10.2 Å². The molecule has 1 aliphatic heterocycles. The van der Waals surface area contributed by atoms with Crippen LogP contribution in [0.2, 0.25) is 0 Å². The lowest BCUT2D eigenvalue weighted by Crippen LogP contribution is -2.47. The molecule has 0 bridgehead atoms. The highest BCUT2D eigenvalue weighted by Crippen LogP contribution is 2.50. The van der Waals surface area contributed by atoms with E-state index in [2.05, 4.69) is 40.5 Å². The molecule has 4 heteroatoms. The van der Waals surface area contributed by atoms with Gasteiger partial charge in [-0.1, -0.05) is 30.3 Å². The Balaban J connectivity index is 1.24. The number of rotatable bonds is 7. The lowest BCUT2D eigenvalue weighted by Gasteiger charge is -2.41. The quantitative estimate of drug-likeness (QED) is 0.734. The van der Waals surface area contributed by atoms with Crippen molar-refractivity contribution < 1.29 is 9.18 Å². The third-order valence-corrected chi connectivity index (χ3v) is 6.02. The Morgan fingerprint density at radius 2 is 1.89 bits per heavy atom. The van der Waals surface area contributed by atoms with Crippen LogP contribution in [0.15, 0.2) is 48.5 Å². The summed E-state index contributed by atoms with van der Waals surface area (Å²) in [6.45, 7) is 5.62. The summed E-state index contributed by atoms with van der Waals surface area (Å²) in [5.41, 5.74) is 2.48. The Hall–Kier alpha value is -2.36. The molecule has 1 saturated carbocycles. The first kappa shape index (κ1) is 19.0. The van der Waals surface area contributed by atoms with Crippen molar-refractivity contribution in [2.45, 2.75) is 45.1 Å². The van der Waals surface area contributed by atoms with Gasteiger partial charge in [0.05, 0.1) is 5.69 Å². The molecule has 1 aliphatic carbocycles. The van der Waals surface area contributed by atoms with E-state index >= 15 is 0 Å². The number of carbonyl (C=O) groups is 1. The van der Waals surface area contributed by atoms with Crippen molar-refractivity contribution in [1.29, 1.82) is 0 Å². The second-order valence-electron chi connectivity index (χ2n) is 8.66. The van der Waals surface area contributed by atoms with Gasteiger partial charge in [-0.05, 0) is 74.6 Å². The Kier molecular flexibility index (Phi) is 5.38. The summed E-state index contributed by atoms with van der Waals surface area (Å²) in [6.07, 6.45) is 3.81. The van der Waals surface area contributed by atoms with Crippen molar-refractivity contribution in [3.05, 3.63) is 65.5 Å². The summed E-state index contributed by atoms with van der Waals surface area (Å²) in [5, 5.41) is 2.80. The number of carbonyl (C=O) groups excluding carboxylic acids is 1. The van der Waals surface area contributed by atoms with Crippen LogP contribution in [0.25, 0.3) is 0 Å². The lowest BCUT2D eigenvalue weighted by atomic mass is 9.92. The predicted molar refractivity (Wildman–Crippen MR) is 111 cm³/mol. The van der Waals surface area contributed by atoms with E-state index in [-0.39, 0.29) is 17.8 Å². The molecule has 1 amide bonds. The minimum atomic E-state index is -0.304. The molecule has 4 rings (SSSR count). The van der Waals surface area contributed by atoms with Crippen molar-refractivity contribution >= 4 is 11.6 Å². The smallest absolute Gasteiger partial charge is 0.251 e. The molecular formula is C24H29FN2O. The van der Waals surface area contributed by atoms with Crippen molar-refractivity contribution in [2.75, 3.05) is 18.0 Å². The molecule has 1 heterocycles. The molecule has 2 fully saturated rings. The normalized spacial score (nSPS) is 21.5. The van der Waals surface area contributed by atoms with Gasteiger partial charge in [0.2, 0.25) is 0 Å². The SMILES string of the molecule is CC(C)NC(=O)c1ccc(N2CC(CCC3CC3c3ccccc3)C2)c(F)c1. The number of nitrogens with zero attached hydrogens (tertiary/aromatic N) is 1. The van der Waals surface area contributed by atoms with E-state index in [0.29, 0.717) is 17.2 Å². The molecule has 2 aliphatic rings. The molecule has 0 spiro atoms. The highest BCUT2D eigenvalue weighted by Gasteiger charge is 2.39. The number of hydrogen-bond acceptors (Lipinski definition) is 2. The Morgan fingerprint density at radius 3 is 2.57 bits per heavy atom. The van der Waals surface area contributed by atoms with Crippen LogP contribution in [0.5, 0.6) is 0 Å². The monoisotopic (exact) mass is 380 g/mol. The van der Waals surface area contributed by atoms with E-state index in [0.717, 1.165) is 24.9 Å². The van der Waals surface area contributed by atoms with Crippen LogP contribution in [0.4, 0.5) is 10.1 Å². The zero-order valence-corrected chi connectivity index (χ0v) is 16.7. The third-order valence-electron chi connectivity index (χ3n) is 6.02. The molecule has 1 saturated heterocycles. The van der Waals surface area contributed by atoms with Gasteiger partial charge in [-0.15, -0.1) is 0 Å². The van der Waals surface area contributed by atoms with Gasteiger partial charge in [0.1, 0.15) is 5.82 Å². The molecule has 28 heavy (non-hydrogen) atoms. The minimum Gasteiger partial charge on any atom is -0.368 e. The number of hydrogen-bond donors (Lipinski definition) is 1. The molecule has 2 aromatic carbocycles. The van der Waals surface area contributed by atoms with Gasteiger partial charge >= 0.3 is 0 Å². The second-order valence-corrected chi connectivity index (χ2v) is 8.66. The molecule has 3 nitrogen and oxygen atoms in total. The zero-order valence-electron chi connectivity index (χ0n) is 16.7. The summed E-state index contributed by atoms with van der Waals surface area (Å²) in [4.78, 5) is 14.1. The van der Waals surface area contributed by atoms with E-state index in [9.17, 15) is 9.18 Å². The molecule has 0 radical (unpaired) electrons. The van der Waals surface area contributed by atoms with Crippen molar-refractivity contribution in [2.24, 2.45) is 11.8 Å². The average molecular weight is 381 g/mol. The van der Waals surface area contributed by atoms with Gasteiger partial charge in [0.25, 0.3) is 5.91 Å². The van der Waals surface area contributed by atoms with Crippen LogP contribution in [0.1, 0.15) is 54.9 Å². The number of amides is 1. The van der Waals surface area contributed by atoms with Gasteiger partial charge in [0.15, 0.2) is 0 Å². The molecule has 0 aromatic heterocycles. The predicted octanol–water partition coefficient (Wildman–Crippen LogP) is 4.98. The van der Waals surface area contributed by atoms with E-state index in [1.807, 2.05) is 13.8 Å². The van der Waals surface area contributed by atoms with Crippen LogP contribution in [-0.4, -0.2) is 25.0 Å². The summed E-state index contributed by atoms with van der Waals surface area (Å²) in [7, 11) is 0. The first-order valence-corrected chi connectivity index (χ1v) is 10.4. The maximum absolute atomic E-state index is 14.5. The highest BCUT2D eigenvalue weighted by atomic mass is 19.1. The van der Waals surface area contributed by atoms with Crippen molar-refractivity contribution in [3.63, 3.8) is 0 Å². The standard InChI is InChI=1S/C24H29FN2O/c1-16(2)26-24(28)20-10-11-23(22(25)13-20)27-14-17(15-27)8-9-19-12-21(19)18-6-4-3-5-7-18/h3-7,10-11,13,16-17,19,21H,8-9,12,14-15H2,1-2H3,(H,26,28). The summed E-state index contributed by atoms with van der Waals surface area (Å²) < 4.78 is 14.5. The Labute approximate surface area is 166 Å². The number of anilines is 1. The molecular weight excluding hydrogens is 351 g/mol. The van der Waals surface area contributed by atoms with Crippen LogP contribution >= 0.6 is 0 Å². The first-order valence-electron chi connectivity index (χ1n) is 10.4. The van der Waals surface area contributed by atoms with Gasteiger partial charge in [0, 0.05) is 24.7 Å². The molecule has 2 atom stereocenters. The van der Waals surface area contributed by atoms with Crippen LogP contribution in [0, 0.1) is 17.7 Å². The topological polar surface area (TPSA) is 32.3 Å². The summed E-state index contributed by atoms with van der Waals surface area (Å²) in [5.74, 6) is 1.70. The lowest BCUT2D eigenvalue weighted by molar-refractivity contribution is 0.0942. The second kappa shape index (κ2) is 7.94. The van der Waals surface area contributed by atoms with E-state index in [4.69, 9.17) is 0 Å². The fraction of sp³-hybridized carbons (Fsp3) is 0.458. The fourth-order valence-electron chi connectivity index (χ4n) is 4.32. The van der Waals surface area contributed by atoms with E-state index < -0.39 is 0 Å². The van der Waals surface area contributed by atoms with Gasteiger partial charge in [-0.3, -0.25) is 4.79 Å². The Bertz CT molecular complexity index is 830. The number of benzene rings is 2. The van der Waals surface area contributed by atoms with Crippen molar-refractivity contribution in [1.82, 2.24) is 5.32 Å². The van der Waals surface area contributed by atoms with Gasteiger partial charge < -0.3 is 10.2 Å². The fourth-order valence-corrected chi connectivity index (χ4v) is 4.32. The van der Waals surface area contributed by atoms with E-state index in [1.54, 1.807) is 12.1 Å². The first-order chi connectivity index (χ1) is 13.5. The summed E-state index contributed by atoms with van der Waals surface area (Å²) >= 11 is 0. The largest absolute Gasteiger partial charge is 0.368 e. The molecule has 2 unspecified atom stereocenters. The molecule has 1 N–H and O–H groups in total. The molecule has 2 aromatic rings. The van der Waals surface area contributed by atoms with Gasteiger partial charge in [-0.25, -0.2) is 4.39 Å². The van der Waals surface area contributed by atoms with Crippen LogP contribution in [-0.2, 0) is 0 Å². The molecule has 148 valence electrons. The van der Waals surface area contributed by atoms with Crippen LogP contribution in [0.3, 0.4) is 0 Å². The minimum absolute atomic E-state index is 0.0410. The maximum Gasteiger partial charge on any atom is 0.251 e. The Morgan fingerprint density at radius 1 is 1.14 bits per heavy atom. The van der Waals surface area contributed by atoms with Crippen molar-refractivity contribution in [3.8, 4) is 0 Å². The summed E-state index contributed by atoms with van der Waals surface area (Å²) in [6, 6.07) is 15.7. The third kappa shape index (κ3) is 4.21. The number of halogens is 1. The van der Waals surface area contributed by atoms with E-state index in [1.165, 1.54) is 30.9 Å². The number of nitrogens with one attached hydrogen (secondary N) is 1. The maximum atomic E-state index is 14.5.